The molecule has 6 aliphatic rings. The summed E-state index contributed by atoms with van der Waals surface area (Å²) in [5.74, 6) is 0. The number of hydrogen-bond donors (Lipinski definition) is 0. The highest BCUT2D eigenvalue weighted by molar-refractivity contribution is 9.10. The highest BCUT2D eigenvalue weighted by atomic mass is 79.9. The van der Waals surface area contributed by atoms with Gasteiger partial charge in [0.1, 0.15) is 14.1 Å². The Morgan fingerprint density at radius 3 is 1.12 bits per heavy atom. The summed E-state index contributed by atoms with van der Waals surface area (Å²) in [6.45, 7) is 0. The lowest BCUT2D eigenvalue weighted by Gasteiger charge is -2.36. The first-order valence-corrected chi connectivity index (χ1v) is 33.9. The molecule has 2 unspecified atom stereocenters. The van der Waals surface area contributed by atoms with Crippen LogP contribution in [0.3, 0.4) is 0 Å². The van der Waals surface area contributed by atoms with E-state index in [1.807, 2.05) is 0 Å². The molecule has 2 atom stereocenters. The first-order chi connectivity index (χ1) is 43.0. The summed E-state index contributed by atoms with van der Waals surface area (Å²) >= 11 is 7.56. The van der Waals surface area contributed by atoms with Gasteiger partial charge in [0.05, 0.1) is 10.8 Å². The molecule has 0 radical (unpaired) electrons. The van der Waals surface area contributed by atoms with Gasteiger partial charge in [-0.3, -0.25) is 0 Å². The SMILES string of the molecule is CN1/C(=C/C=C/C2=[N+](C)c3ccccc3C2(Cc2ccc(Br)cc2)Cc2ccc(CC3(Cc4ccc(Br)cc4)C(/C=C/C=C4/N(C)c5ccc6ccccc6c5C45CCCCC5)=[N+](C)c4ccccc43)cc2)C2(CCCCC2)c2c1ccc1ccccc21. The molecule has 2 saturated carbocycles. The Kier molecular flexibility index (Phi) is 14.7. The number of allylic oxidation sites excluding steroid dienone is 8. The van der Waals surface area contributed by atoms with E-state index in [2.05, 4.69) is 310 Å². The van der Waals surface area contributed by atoms with E-state index >= 15 is 0 Å². The smallest absolute Gasteiger partial charge is 0.209 e. The quantitative estimate of drug-likeness (QED) is 0.113. The van der Waals surface area contributed by atoms with Crippen molar-refractivity contribution in [3.05, 3.63) is 295 Å². The third kappa shape index (κ3) is 9.32. The van der Waals surface area contributed by atoms with Crippen LogP contribution in [0.2, 0.25) is 0 Å². The second kappa shape index (κ2) is 22.7. The van der Waals surface area contributed by atoms with Crippen LogP contribution in [0, 0.1) is 0 Å². The van der Waals surface area contributed by atoms with Crippen molar-refractivity contribution in [2.75, 3.05) is 38.0 Å². The van der Waals surface area contributed by atoms with Crippen LogP contribution in [0.25, 0.3) is 21.5 Å². The number of para-hydroxylation sites is 2. The fourth-order valence-electron chi connectivity index (χ4n) is 17.9. The number of hydrogen-bond acceptors (Lipinski definition) is 2. The van der Waals surface area contributed by atoms with Gasteiger partial charge in [0.25, 0.3) is 0 Å². The maximum atomic E-state index is 3.78. The summed E-state index contributed by atoms with van der Waals surface area (Å²) in [7, 11) is 9.21. The Bertz CT molecular complexity index is 4130. The minimum Gasteiger partial charge on any atom is -0.347 e. The normalized spacial score (nSPS) is 21.8. The van der Waals surface area contributed by atoms with Crippen LogP contribution < -0.4 is 9.80 Å². The molecular weight excluding hydrogens is 1200 g/mol. The highest BCUT2D eigenvalue weighted by Crippen LogP contribution is 2.59. The predicted octanol–water partition coefficient (Wildman–Crippen LogP) is 20.0. The first kappa shape index (κ1) is 56.8. The van der Waals surface area contributed by atoms with E-state index < -0.39 is 0 Å². The lowest BCUT2D eigenvalue weighted by atomic mass is 9.67. The van der Waals surface area contributed by atoms with Crippen molar-refractivity contribution >= 4 is 87.6 Å². The van der Waals surface area contributed by atoms with Crippen LogP contribution >= 0.6 is 31.9 Å². The zero-order valence-corrected chi connectivity index (χ0v) is 54.6. The van der Waals surface area contributed by atoms with E-state index in [0.29, 0.717) is 0 Å². The van der Waals surface area contributed by atoms with E-state index in [0.717, 1.165) is 34.6 Å². The average Bonchev–Trinajstić information content (AvgIpc) is 1.59. The molecule has 15 rings (SSSR count). The fraction of sp³-hybridized carbons (Fsp3) is 0.268. The van der Waals surface area contributed by atoms with Crippen LogP contribution in [0.15, 0.2) is 251 Å². The van der Waals surface area contributed by atoms with Crippen LogP contribution in [0.4, 0.5) is 22.7 Å². The van der Waals surface area contributed by atoms with Crippen molar-refractivity contribution < 1.29 is 9.15 Å². The molecule has 4 nitrogen and oxygen atoms in total. The molecule has 0 saturated heterocycles. The zero-order chi connectivity index (χ0) is 59.8. The molecule has 438 valence electrons. The third-order valence-electron chi connectivity index (χ3n) is 21.8. The van der Waals surface area contributed by atoms with Gasteiger partial charge >= 0.3 is 0 Å². The molecule has 0 bridgehead atoms. The molecule has 2 spiro atoms. The van der Waals surface area contributed by atoms with E-state index in [1.165, 1.54) is 176 Å². The van der Waals surface area contributed by atoms with E-state index in [9.17, 15) is 0 Å². The summed E-state index contributed by atoms with van der Waals surface area (Å²) in [5.41, 5.74) is 21.2. The van der Waals surface area contributed by atoms with Gasteiger partial charge in [-0.25, -0.2) is 0 Å². The Hall–Kier alpha value is -7.64. The molecule has 0 aromatic heterocycles. The molecule has 88 heavy (non-hydrogen) atoms. The topological polar surface area (TPSA) is 12.5 Å². The number of fused-ring (bicyclic) bond motifs is 10. The summed E-state index contributed by atoms with van der Waals surface area (Å²) in [6.07, 6.45) is 30.5. The molecule has 2 aliphatic carbocycles. The summed E-state index contributed by atoms with van der Waals surface area (Å²) < 4.78 is 7.19. The Labute approximate surface area is 537 Å². The van der Waals surface area contributed by atoms with Crippen LogP contribution in [-0.4, -0.2) is 48.8 Å². The van der Waals surface area contributed by atoms with Crippen LogP contribution in [0.5, 0.6) is 0 Å². The van der Waals surface area contributed by atoms with E-state index in [4.69, 9.17) is 0 Å². The van der Waals surface area contributed by atoms with Gasteiger partial charge in [-0.05, 0) is 155 Å². The second-order valence-electron chi connectivity index (χ2n) is 26.5. The van der Waals surface area contributed by atoms with Crippen molar-refractivity contribution in [2.24, 2.45) is 0 Å². The Balaban J connectivity index is 0.808. The lowest BCUT2D eigenvalue weighted by Crippen LogP contribution is -2.39. The van der Waals surface area contributed by atoms with E-state index in [-0.39, 0.29) is 21.7 Å². The van der Waals surface area contributed by atoms with Crippen LogP contribution in [0.1, 0.15) is 109 Å². The molecule has 0 N–H and O–H groups in total. The van der Waals surface area contributed by atoms with Crippen molar-refractivity contribution in [2.45, 2.75) is 112 Å². The van der Waals surface area contributed by atoms with Gasteiger partial charge in [0, 0.05) is 92.1 Å². The molecule has 0 amide bonds. The standard InChI is InChI=1S/C82H78Br2N4/c1-85-69-27-13-11-25-67(69)81(55-59-37-43-63(83)44-38-59,75(85)31-19-29-73-79(49-15-5-16-50-79)77-65-23-9-7-21-61(65)41-47-71(77)87(73)3)53-57-33-35-58(36-34-57)54-82(56-60-39-45-64(84)46-40-60)68-26-12-14-28-70(68)86(2)76(82)32-20-30-74-80(51-17-6-18-52-80)78-66-24-10-8-22-62(66)42-48-72(78)88(74)4/h7-14,19-48H,5-6,15-18,49-56H2,1-4H3/q+2. The maximum Gasteiger partial charge on any atom is 0.209 e. The van der Waals surface area contributed by atoms with Crippen molar-refractivity contribution in [1.82, 2.24) is 0 Å². The number of anilines is 2. The minimum atomic E-state index is -0.354. The third-order valence-corrected chi connectivity index (χ3v) is 22.8. The van der Waals surface area contributed by atoms with E-state index in [1.54, 1.807) is 0 Å². The Morgan fingerprint density at radius 2 is 0.739 bits per heavy atom. The maximum absolute atomic E-state index is 3.78. The fourth-order valence-corrected chi connectivity index (χ4v) is 18.4. The molecule has 6 heteroatoms. The zero-order valence-electron chi connectivity index (χ0n) is 51.4. The first-order valence-electron chi connectivity index (χ1n) is 32.3. The van der Waals surface area contributed by atoms with Gasteiger partial charge in [-0.1, -0.05) is 228 Å². The molecule has 4 aliphatic heterocycles. The Morgan fingerprint density at radius 1 is 0.398 bits per heavy atom. The molecule has 4 heterocycles. The van der Waals surface area contributed by atoms with Gasteiger partial charge in [-0.15, -0.1) is 0 Å². The lowest BCUT2D eigenvalue weighted by molar-refractivity contribution is -0.401. The molecular formula is C82H78Br2N4+2. The van der Waals surface area contributed by atoms with Crippen molar-refractivity contribution in [1.29, 1.82) is 0 Å². The summed E-state index contributed by atoms with van der Waals surface area (Å²) in [6, 6.07) is 73.9. The molecule has 9 aromatic carbocycles. The molecule has 2 fully saturated rings. The highest BCUT2D eigenvalue weighted by Gasteiger charge is 2.53. The monoisotopic (exact) mass is 1280 g/mol. The largest absolute Gasteiger partial charge is 0.347 e. The van der Waals surface area contributed by atoms with Crippen LogP contribution in [-0.2, 0) is 47.3 Å². The number of halogens is 2. The number of benzene rings is 9. The summed E-state index contributed by atoms with van der Waals surface area (Å²) in [5, 5.41) is 5.49. The average molecular weight is 1280 g/mol. The predicted molar refractivity (Wildman–Crippen MR) is 376 cm³/mol. The van der Waals surface area contributed by atoms with Gasteiger partial charge in [-0.2, -0.15) is 9.15 Å². The van der Waals surface area contributed by atoms with Gasteiger partial charge < -0.3 is 9.80 Å². The van der Waals surface area contributed by atoms with Gasteiger partial charge in [0.15, 0.2) is 11.4 Å². The van der Waals surface area contributed by atoms with Crippen molar-refractivity contribution in [3.63, 3.8) is 0 Å². The number of nitrogens with zero attached hydrogens (tertiary/aromatic N) is 4. The van der Waals surface area contributed by atoms with Crippen molar-refractivity contribution in [3.8, 4) is 0 Å². The summed E-state index contributed by atoms with van der Waals surface area (Å²) in [4.78, 5) is 5.04. The minimum absolute atomic E-state index is 0.00801. The second-order valence-corrected chi connectivity index (χ2v) is 28.3. The van der Waals surface area contributed by atoms with Gasteiger partial charge in [0.2, 0.25) is 11.4 Å². The molecule has 9 aromatic rings. The number of likely N-dealkylation sites (N-methyl/N-ethyl adjacent to an activating group) is 2. The number of rotatable bonds is 12.